The number of ketones is 1. The Morgan fingerprint density at radius 2 is 1.85 bits per heavy atom. The summed E-state index contributed by atoms with van der Waals surface area (Å²) in [6, 6.07) is 11.1. The number of benzene rings is 2. The van der Waals surface area contributed by atoms with Crippen LogP contribution in [0.25, 0.3) is 0 Å². The van der Waals surface area contributed by atoms with Crippen LogP contribution >= 0.6 is 0 Å². The first-order chi connectivity index (χ1) is 12.5. The first-order valence-electron chi connectivity index (χ1n) is 8.81. The second-order valence-corrected chi connectivity index (χ2v) is 6.43. The number of ether oxygens (including phenoxy) is 2. The molecule has 0 N–H and O–H groups in total. The quantitative estimate of drug-likeness (QED) is 0.559. The second-order valence-electron chi connectivity index (χ2n) is 6.43. The molecule has 0 aromatic heterocycles. The molecule has 26 heavy (non-hydrogen) atoms. The van der Waals surface area contributed by atoms with Gasteiger partial charge < -0.3 is 14.4 Å². The van der Waals surface area contributed by atoms with Gasteiger partial charge in [0.05, 0.1) is 31.5 Å². The summed E-state index contributed by atoms with van der Waals surface area (Å²) in [6.07, 6.45) is 2.04. The first kappa shape index (κ1) is 18.0. The molecule has 0 saturated carbocycles. The summed E-state index contributed by atoms with van der Waals surface area (Å²) < 4.78 is 11.2. The van der Waals surface area contributed by atoms with Gasteiger partial charge in [-0.25, -0.2) is 0 Å². The zero-order valence-corrected chi connectivity index (χ0v) is 15.4. The predicted molar refractivity (Wildman–Crippen MR) is 100 cm³/mol. The number of nitrogens with zero attached hydrogens (tertiary/aromatic N) is 1. The third-order valence-corrected chi connectivity index (χ3v) is 4.45. The summed E-state index contributed by atoms with van der Waals surface area (Å²) in [6.45, 7) is 4.96. The summed E-state index contributed by atoms with van der Waals surface area (Å²) in [5.41, 5.74) is 2.97. The molecule has 1 heterocycles. The Bertz CT molecular complexity index is 844. The molecule has 136 valence electrons. The Labute approximate surface area is 153 Å². The molecule has 0 spiro atoms. The van der Waals surface area contributed by atoms with Crippen LogP contribution in [0.1, 0.15) is 41.3 Å². The fourth-order valence-corrected chi connectivity index (χ4v) is 3.01. The highest BCUT2D eigenvalue weighted by molar-refractivity contribution is 6.52. The van der Waals surface area contributed by atoms with E-state index in [4.69, 9.17) is 9.47 Å². The van der Waals surface area contributed by atoms with Crippen molar-refractivity contribution in [3.8, 4) is 11.5 Å². The van der Waals surface area contributed by atoms with Crippen LogP contribution in [0.3, 0.4) is 0 Å². The van der Waals surface area contributed by atoms with E-state index in [0.29, 0.717) is 35.9 Å². The van der Waals surface area contributed by atoms with Crippen molar-refractivity contribution in [1.82, 2.24) is 0 Å². The number of carbonyl (C=O) groups is 2. The van der Waals surface area contributed by atoms with Crippen LogP contribution in [-0.4, -0.2) is 25.4 Å². The van der Waals surface area contributed by atoms with Gasteiger partial charge in [-0.3, -0.25) is 9.59 Å². The van der Waals surface area contributed by atoms with Crippen LogP contribution in [0.5, 0.6) is 11.5 Å². The van der Waals surface area contributed by atoms with Gasteiger partial charge in [-0.05, 0) is 43.2 Å². The van der Waals surface area contributed by atoms with Crippen molar-refractivity contribution >= 4 is 17.4 Å². The van der Waals surface area contributed by atoms with E-state index < -0.39 is 11.7 Å². The lowest BCUT2D eigenvalue weighted by molar-refractivity contribution is -0.114. The number of rotatable bonds is 7. The molecule has 0 radical (unpaired) electrons. The van der Waals surface area contributed by atoms with Gasteiger partial charge in [0.1, 0.15) is 0 Å². The molecule has 5 nitrogen and oxygen atoms in total. The molecule has 0 bridgehead atoms. The molecular weight excluding hydrogens is 330 g/mol. The van der Waals surface area contributed by atoms with Gasteiger partial charge in [0.2, 0.25) is 0 Å². The monoisotopic (exact) mass is 353 g/mol. The molecule has 0 atom stereocenters. The van der Waals surface area contributed by atoms with E-state index in [1.807, 2.05) is 37.3 Å². The van der Waals surface area contributed by atoms with Crippen molar-refractivity contribution < 1.29 is 19.1 Å². The van der Waals surface area contributed by atoms with E-state index in [1.165, 1.54) is 4.90 Å². The third-order valence-electron chi connectivity index (χ3n) is 4.45. The Kier molecular flexibility index (Phi) is 5.26. The van der Waals surface area contributed by atoms with E-state index >= 15 is 0 Å². The lowest BCUT2D eigenvalue weighted by Gasteiger charge is -2.18. The standard InChI is InChI=1S/C21H23NO4/c1-4-5-10-26-18-9-7-15(12-19(18)25-3)13-22-17-8-6-14(2)11-16(17)20(23)21(22)24/h6-9,11-12H,4-5,10,13H2,1-3H3. The highest BCUT2D eigenvalue weighted by Crippen LogP contribution is 2.33. The number of unbranched alkanes of at least 4 members (excludes halogenated alkanes) is 1. The molecule has 0 aliphatic carbocycles. The summed E-state index contributed by atoms with van der Waals surface area (Å²) in [5.74, 6) is 0.369. The lowest BCUT2D eigenvalue weighted by Crippen LogP contribution is -2.29. The number of aryl methyl sites for hydroxylation is 1. The maximum Gasteiger partial charge on any atom is 0.299 e. The second kappa shape index (κ2) is 7.60. The SMILES string of the molecule is CCCCOc1ccc(CN2C(=O)C(=O)c3cc(C)ccc32)cc1OC. The molecule has 1 aliphatic rings. The minimum atomic E-state index is -0.493. The molecule has 1 aliphatic heterocycles. The number of methoxy groups -OCH3 is 1. The Morgan fingerprint density at radius 3 is 2.58 bits per heavy atom. The van der Waals surface area contributed by atoms with E-state index in [2.05, 4.69) is 6.92 Å². The smallest absolute Gasteiger partial charge is 0.299 e. The summed E-state index contributed by atoms with van der Waals surface area (Å²) in [4.78, 5) is 26.1. The minimum absolute atomic E-state index is 0.312. The van der Waals surface area contributed by atoms with Crippen LogP contribution in [0, 0.1) is 6.92 Å². The summed E-state index contributed by atoms with van der Waals surface area (Å²) in [7, 11) is 1.59. The molecule has 1 amide bonds. The predicted octanol–water partition coefficient (Wildman–Crippen LogP) is 3.91. The number of amides is 1. The minimum Gasteiger partial charge on any atom is -0.493 e. The zero-order valence-electron chi connectivity index (χ0n) is 15.4. The lowest BCUT2D eigenvalue weighted by atomic mass is 10.1. The van der Waals surface area contributed by atoms with Crippen molar-refractivity contribution in [3.63, 3.8) is 0 Å². The highest BCUT2D eigenvalue weighted by atomic mass is 16.5. The average molecular weight is 353 g/mol. The van der Waals surface area contributed by atoms with Gasteiger partial charge in [0.15, 0.2) is 11.5 Å². The van der Waals surface area contributed by atoms with E-state index in [9.17, 15) is 9.59 Å². The number of fused-ring (bicyclic) bond motifs is 1. The van der Waals surface area contributed by atoms with Crippen LogP contribution in [-0.2, 0) is 11.3 Å². The van der Waals surface area contributed by atoms with Crippen molar-refractivity contribution in [2.75, 3.05) is 18.6 Å². The van der Waals surface area contributed by atoms with Crippen LogP contribution in [0.4, 0.5) is 5.69 Å². The van der Waals surface area contributed by atoms with Gasteiger partial charge in [0.25, 0.3) is 11.7 Å². The molecule has 3 rings (SSSR count). The van der Waals surface area contributed by atoms with Crippen molar-refractivity contribution in [3.05, 3.63) is 53.1 Å². The normalized spacial score (nSPS) is 13.1. The first-order valence-corrected chi connectivity index (χ1v) is 8.81. The number of carbonyl (C=O) groups excluding carboxylic acids is 2. The molecule has 0 unspecified atom stereocenters. The molecular formula is C21H23NO4. The molecule has 5 heteroatoms. The third kappa shape index (κ3) is 3.43. The van der Waals surface area contributed by atoms with Crippen molar-refractivity contribution in [2.24, 2.45) is 0 Å². The zero-order chi connectivity index (χ0) is 18.7. The maximum atomic E-state index is 12.4. The Morgan fingerprint density at radius 1 is 1.04 bits per heavy atom. The van der Waals surface area contributed by atoms with E-state index in [0.717, 1.165) is 24.0 Å². The largest absolute Gasteiger partial charge is 0.493 e. The average Bonchev–Trinajstić information content (AvgIpc) is 2.87. The maximum absolute atomic E-state index is 12.4. The Hall–Kier alpha value is -2.82. The fraction of sp³-hybridized carbons (Fsp3) is 0.333. The highest BCUT2D eigenvalue weighted by Gasteiger charge is 2.35. The van der Waals surface area contributed by atoms with E-state index in [-0.39, 0.29) is 0 Å². The summed E-state index contributed by atoms with van der Waals surface area (Å²) in [5, 5.41) is 0. The number of hydrogen-bond acceptors (Lipinski definition) is 4. The van der Waals surface area contributed by atoms with Crippen LogP contribution in [0.15, 0.2) is 36.4 Å². The molecule has 0 saturated heterocycles. The fourth-order valence-electron chi connectivity index (χ4n) is 3.01. The van der Waals surface area contributed by atoms with Gasteiger partial charge >= 0.3 is 0 Å². The summed E-state index contributed by atoms with van der Waals surface area (Å²) >= 11 is 0. The molecule has 2 aromatic rings. The van der Waals surface area contributed by atoms with Crippen molar-refractivity contribution in [1.29, 1.82) is 0 Å². The van der Waals surface area contributed by atoms with E-state index in [1.54, 1.807) is 13.2 Å². The molecule has 0 fully saturated rings. The topological polar surface area (TPSA) is 55.8 Å². The number of hydrogen-bond donors (Lipinski definition) is 0. The Balaban J connectivity index is 1.83. The van der Waals surface area contributed by atoms with Crippen LogP contribution in [0.2, 0.25) is 0 Å². The van der Waals surface area contributed by atoms with Crippen LogP contribution < -0.4 is 14.4 Å². The van der Waals surface area contributed by atoms with Gasteiger partial charge in [-0.15, -0.1) is 0 Å². The van der Waals surface area contributed by atoms with Gasteiger partial charge in [0, 0.05) is 0 Å². The van der Waals surface area contributed by atoms with Crippen molar-refractivity contribution in [2.45, 2.75) is 33.2 Å². The van der Waals surface area contributed by atoms with Gasteiger partial charge in [-0.1, -0.05) is 31.0 Å². The van der Waals surface area contributed by atoms with Gasteiger partial charge in [-0.2, -0.15) is 0 Å². The number of Topliss-reactive ketones (excluding diaryl/α,β-unsaturated/α-hetero) is 1. The molecule has 2 aromatic carbocycles. The number of anilines is 1.